The number of nitrogens with one attached hydrogen (secondary N) is 3. The largest absolute Gasteiger partial charge is 0.323 e. The lowest BCUT2D eigenvalue weighted by molar-refractivity contribution is 0.262. The van der Waals surface area contributed by atoms with Gasteiger partial charge in [-0.2, -0.15) is 5.10 Å². The van der Waals surface area contributed by atoms with Gasteiger partial charge in [0.15, 0.2) is 5.65 Å². The Morgan fingerprint density at radius 1 is 0.967 bits per heavy atom. The van der Waals surface area contributed by atoms with Gasteiger partial charge in [0, 0.05) is 27.9 Å². The summed E-state index contributed by atoms with van der Waals surface area (Å²) in [5.41, 5.74) is 4.80. The van der Waals surface area contributed by atoms with E-state index in [1.165, 1.54) is 24.3 Å². The van der Waals surface area contributed by atoms with Crippen molar-refractivity contribution in [1.29, 1.82) is 0 Å². The molecule has 2 aromatic carbocycles. The van der Waals surface area contributed by atoms with Gasteiger partial charge in [-0.15, -0.1) is 0 Å². The summed E-state index contributed by atoms with van der Waals surface area (Å²) in [5, 5.41) is 13.5. The molecule has 2 amide bonds. The number of carbonyl (C=O) groups is 1. The Hall–Kier alpha value is -3.74. The molecule has 3 N–H and O–H groups in total. The van der Waals surface area contributed by atoms with Gasteiger partial charge in [-0.1, -0.05) is 32.9 Å². The molecule has 0 unspecified atom stereocenters. The van der Waals surface area contributed by atoms with Crippen molar-refractivity contribution in [3.63, 3.8) is 0 Å². The molecule has 4 aromatic rings. The number of halogens is 1. The molecule has 30 heavy (non-hydrogen) atoms. The van der Waals surface area contributed by atoms with Crippen molar-refractivity contribution in [2.75, 3.05) is 10.6 Å². The maximum absolute atomic E-state index is 13.0. The molecule has 7 heteroatoms. The molecule has 2 heterocycles. The van der Waals surface area contributed by atoms with E-state index in [-0.39, 0.29) is 11.2 Å². The number of benzene rings is 2. The van der Waals surface area contributed by atoms with Crippen molar-refractivity contribution in [1.82, 2.24) is 15.2 Å². The lowest BCUT2D eigenvalue weighted by atomic mass is 9.89. The van der Waals surface area contributed by atoms with Crippen molar-refractivity contribution in [2.24, 2.45) is 0 Å². The highest BCUT2D eigenvalue weighted by Gasteiger charge is 2.19. The third kappa shape index (κ3) is 4.15. The summed E-state index contributed by atoms with van der Waals surface area (Å²) in [6.07, 6.45) is 1.77. The van der Waals surface area contributed by atoms with E-state index in [0.717, 1.165) is 27.9 Å². The SMILES string of the molecule is CC(C)(C)c1cc(-c2ccc(NC(=O)Nc3ccc(F)cc3)cc2)c2cn[nH]c2n1. The van der Waals surface area contributed by atoms with Gasteiger partial charge in [0.2, 0.25) is 0 Å². The molecule has 0 saturated carbocycles. The van der Waals surface area contributed by atoms with Crippen LogP contribution in [0.1, 0.15) is 26.5 Å². The van der Waals surface area contributed by atoms with E-state index >= 15 is 0 Å². The number of H-pyrrole nitrogens is 1. The Balaban J connectivity index is 1.56. The van der Waals surface area contributed by atoms with Gasteiger partial charge in [0.05, 0.1) is 6.20 Å². The van der Waals surface area contributed by atoms with Crippen molar-refractivity contribution in [3.05, 3.63) is 72.3 Å². The second-order valence-electron chi connectivity index (χ2n) is 8.10. The van der Waals surface area contributed by atoms with Crippen LogP contribution in [0, 0.1) is 5.82 Å². The van der Waals surface area contributed by atoms with Crippen LogP contribution >= 0.6 is 0 Å². The van der Waals surface area contributed by atoms with E-state index in [9.17, 15) is 9.18 Å². The Labute approximate surface area is 173 Å². The van der Waals surface area contributed by atoms with E-state index in [4.69, 9.17) is 0 Å². The van der Waals surface area contributed by atoms with Crippen LogP contribution in [0.2, 0.25) is 0 Å². The molecule has 0 radical (unpaired) electrons. The number of pyridine rings is 1. The summed E-state index contributed by atoms with van der Waals surface area (Å²) in [6.45, 7) is 6.36. The second kappa shape index (κ2) is 7.59. The van der Waals surface area contributed by atoms with Gasteiger partial charge in [0.1, 0.15) is 5.82 Å². The molecule has 0 atom stereocenters. The second-order valence-corrected chi connectivity index (χ2v) is 8.10. The molecule has 0 aliphatic carbocycles. The maximum Gasteiger partial charge on any atom is 0.323 e. The first-order chi connectivity index (χ1) is 14.3. The number of anilines is 2. The minimum atomic E-state index is -0.398. The monoisotopic (exact) mass is 403 g/mol. The number of nitrogens with zero attached hydrogens (tertiary/aromatic N) is 2. The Morgan fingerprint density at radius 3 is 2.17 bits per heavy atom. The number of amides is 2. The van der Waals surface area contributed by atoms with Crippen LogP contribution in [-0.2, 0) is 5.41 Å². The average Bonchev–Trinajstić information content (AvgIpc) is 3.18. The van der Waals surface area contributed by atoms with Crippen LogP contribution < -0.4 is 10.6 Å². The maximum atomic E-state index is 13.0. The number of urea groups is 1. The normalized spacial score (nSPS) is 11.5. The van der Waals surface area contributed by atoms with Crippen LogP contribution in [0.3, 0.4) is 0 Å². The zero-order chi connectivity index (χ0) is 21.3. The minimum Gasteiger partial charge on any atom is -0.308 e. The fourth-order valence-corrected chi connectivity index (χ4v) is 3.11. The van der Waals surface area contributed by atoms with Crippen LogP contribution in [-0.4, -0.2) is 21.2 Å². The fourth-order valence-electron chi connectivity index (χ4n) is 3.11. The molecule has 0 bridgehead atoms. The van der Waals surface area contributed by atoms with E-state index in [0.29, 0.717) is 11.4 Å². The van der Waals surface area contributed by atoms with E-state index in [1.807, 2.05) is 24.3 Å². The molecule has 4 rings (SSSR count). The quantitative estimate of drug-likeness (QED) is 0.410. The summed E-state index contributed by atoms with van der Waals surface area (Å²) >= 11 is 0. The molecular formula is C23H22FN5O. The molecule has 6 nitrogen and oxygen atoms in total. The van der Waals surface area contributed by atoms with E-state index in [1.54, 1.807) is 6.20 Å². The van der Waals surface area contributed by atoms with Crippen molar-refractivity contribution in [2.45, 2.75) is 26.2 Å². The number of rotatable bonds is 3. The van der Waals surface area contributed by atoms with Gasteiger partial charge in [-0.05, 0) is 53.6 Å². The molecule has 0 spiro atoms. The Kier molecular flexibility index (Phi) is 4.95. The van der Waals surface area contributed by atoms with Crippen LogP contribution in [0.4, 0.5) is 20.6 Å². The smallest absolute Gasteiger partial charge is 0.308 e. The molecule has 152 valence electrons. The number of aromatic amines is 1. The van der Waals surface area contributed by atoms with Crippen molar-refractivity contribution < 1.29 is 9.18 Å². The topological polar surface area (TPSA) is 82.7 Å². The Morgan fingerprint density at radius 2 is 1.57 bits per heavy atom. The van der Waals surface area contributed by atoms with Gasteiger partial charge >= 0.3 is 6.03 Å². The molecule has 0 aliphatic rings. The number of hydrogen-bond acceptors (Lipinski definition) is 3. The third-order valence-corrected chi connectivity index (χ3v) is 4.75. The molecule has 0 fully saturated rings. The first-order valence-electron chi connectivity index (χ1n) is 9.58. The zero-order valence-corrected chi connectivity index (χ0v) is 17.0. The van der Waals surface area contributed by atoms with Gasteiger partial charge in [-0.25, -0.2) is 14.2 Å². The summed E-state index contributed by atoms with van der Waals surface area (Å²) < 4.78 is 13.0. The number of aromatic nitrogens is 3. The van der Waals surface area contributed by atoms with Crippen LogP contribution in [0.15, 0.2) is 60.8 Å². The third-order valence-electron chi connectivity index (χ3n) is 4.75. The lowest BCUT2D eigenvalue weighted by Gasteiger charge is -2.19. The number of carbonyl (C=O) groups excluding carboxylic acids is 1. The van der Waals surface area contributed by atoms with E-state index < -0.39 is 6.03 Å². The van der Waals surface area contributed by atoms with Gasteiger partial charge in [0.25, 0.3) is 0 Å². The molecule has 2 aromatic heterocycles. The van der Waals surface area contributed by atoms with Gasteiger partial charge in [-0.3, -0.25) is 5.10 Å². The molecule has 0 aliphatic heterocycles. The number of fused-ring (bicyclic) bond motifs is 1. The van der Waals surface area contributed by atoms with Gasteiger partial charge < -0.3 is 10.6 Å². The highest BCUT2D eigenvalue weighted by atomic mass is 19.1. The molecular weight excluding hydrogens is 381 g/mol. The number of hydrogen-bond donors (Lipinski definition) is 3. The van der Waals surface area contributed by atoms with Crippen LogP contribution in [0.5, 0.6) is 0 Å². The van der Waals surface area contributed by atoms with Crippen molar-refractivity contribution >= 4 is 28.4 Å². The summed E-state index contributed by atoms with van der Waals surface area (Å²) in [4.78, 5) is 16.9. The zero-order valence-electron chi connectivity index (χ0n) is 17.0. The summed E-state index contributed by atoms with van der Waals surface area (Å²) in [5.74, 6) is -0.353. The van der Waals surface area contributed by atoms with E-state index in [2.05, 4.69) is 52.7 Å². The van der Waals surface area contributed by atoms with Crippen LogP contribution in [0.25, 0.3) is 22.2 Å². The minimum absolute atomic E-state index is 0.103. The highest BCUT2D eigenvalue weighted by molar-refractivity contribution is 6.00. The summed E-state index contributed by atoms with van der Waals surface area (Å²) in [7, 11) is 0. The fraction of sp³-hybridized carbons (Fsp3) is 0.174. The predicted molar refractivity (Wildman–Crippen MR) is 117 cm³/mol. The standard InChI is InChI=1S/C23H22FN5O/c1-23(2,3)20-12-18(19-13-25-29-21(19)28-20)14-4-8-16(9-5-14)26-22(30)27-17-10-6-15(24)7-11-17/h4-13H,1-3H3,(H,25,28,29)(H2,26,27,30). The highest BCUT2D eigenvalue weighted by Crippen LogP contribution is 2.32. The first-order valence-corrected chi connectivity index (χ1v) is 9.58. The molecule has 0 saturated heterocycles. The summed E-state index contributed by atoms with van der Waals surface area (Å²) in [6, 6.07) is 14.8. The predicted octanol–water partition coefficient (Wildman–Crippen LogP) is 5.71. The first kappa shape index (κ1) is 19.6. The Bertz CT molecular complexity index is 1190. The van der Waals surface area contributed by atoms with Crippen molar-refractivity contribution in [3.8, 4) is 11.1 Å². The lowest BCUT2D eigenvalue weighted by Crippen LogP contribution is -2.19. The average molecular weight is 403 g/mol.